The summed E-state index contributed by atoms with van der Waals surface area (Å²) in [4.78, 5) is 7.41. The molecule has 0 aromatic heterocycles. The molecule has 0 aliphatic carbocycles. The lowest BCUT2D eigenvalue weighted by Crippen LogP contribution is -2.47. The minimum absolute atomic E-state index is 0. The quantitative estimate of drug-likeness (QED) is 0.290. The van der Waals surface area contributed by atoms with Crippen LogP contribution in [0.5, 0.6) is 0 Å². The van der Waals surface area contributed by atoms with E-state index in [1.165, 1.54) is 32.4 Å². The molecule has 0 saturated carbocycles. The number of likely N-dealkylation sites (tertiary alicyclic amines) is 1. The third-order valence-corrected chi connectivity index (χ3v) is 6.00. The Morgan fingerprint density at radius 1 is 1.17 bits per heavy atom. The first-order valence-electron chi connectivity index (χ1n) is 11.3. The molecule has 0 bridgehead atoms. The highest BCUT2D eigenvalue weighted by atomic mass is 127. The van der Waals surface area contributed by atoms with Gasteiger partial charge in [0.2, 0.25) is 0 Å². The van der Waals surface area contributed by atoms with Crippen molar-refractivity contribution >= 4 is 29.9 Å². The second-order valence-electron chi connectivity index (χ2n) is 9.44. The van der Waals surface area contributed by atoms with E-state index in [9.17, 15) is 0 Å². The first kappa shape index (κ1) is 26.9. The maximum atomic E-state index is 6.13. The van der Waals surface area contributed by atoms with Gasteiger partial charge in [-0.25, -0.2) is 0 Å². The van der Waals surface area contributed by atoms with E-state index in [2.05, 4.69) is 43.2 Å². The van der Waals surface area contributed by atoms with Crippen molar-refractivity contribution in [1.82, 2.24) is 15.5 Å². The number of hydrogen-bond acceptors (Lipinski definition) is 4. The Kier molecular flexibility index (Phi) is 13.0. The number of guanidine groups is 1. The van der Waals surface area contributed by atoms with Crippen molar-refractivity contribution in [2.24, 2.45) is 22.2 Å². The average Bonchev–Trinajstić information content (AvgIpc) is 2.69. The summed E-state index contributed by atoms with van der Waals surface area (Å²) in [6, 6.07) is 0. The number of rotatable bonds is 8. The summed E-state index contributed by atoms with van der Waals surface area (Å²) in [5.74, 6) is 2.19. The van der Waals surface area contributed by atoms with Crippen LogP contribution in [-0.2, 0) is 9.47 Å². The van der Waals surface area contributed by atoms with Crippen LogP contribution in [0.1, 0.15) is 53.4 Å². The van der Waals surface area contributed by atoms with Crippen LogP contribution in [0.4, 0.5) is 0 Å². The smallest absolute Gasteiger partial charge is 0.191 e. The normalized spacial score (nSPS) is 24.8. The molecule has 6 nitrogen and oxygen atoms in total. The van der Waals surface area contributed by atoms with Crippen LogP contribution < -0.4 is 10.6 Å². The Labute approximate surface area is 196 Å². The Hall–Kier alpha value is -0.120. The SMILES string of the molecule is CCNC(=NCC1CCN(CCOC)CC1)NCC1CCCOC1C(C)(C)C.I. The van der Waals surface area contributed by atoms with Crippen LogP contribution in [0.3, 0.4) is 0 Å². The van der Waals surface area contributed by atoms with Gasteiger partial charge in [0.25, 0.3) is 0 Å². The molecule has 2 N–H and O–H groups in total. The van der Waals surface area contributed by atoms with Crippen LogP contribution in [0.2, 0.25) is 0 Å². The minimum atomic E-state index is 0. The molecule has 2 saturated heterocycles. The Bertz CT molecular complexity index is 462. The van der Waals surface area contributed by atoms with Crippen molar-refractivity contribution in [3.63, 3.8) is 0 Å². The van der Waals surface area contributed by atoms with E-state index in [0.717, 1.165) is 51.8 Å². The lowest BCUT2D eigenvalue weighted by atomic mass is 9.78. The van der Waals surface area contributed by atoms with Crippen LogP contribution in [0, 0.1) is 17.3 Å². The highest BCUT2D eigenvalue weighted by Gasteiger charge is 2.35. The van der Waals surface area contributed by atoms with Gasteiger partial charge >= 0.3 is 0 Å². The van der Waals surface area contributed by atoms with Crippen molar-refractivity contribution in [2.75, 3.05) is 59.6 Å². The Morgan fingerprint density at radius 2 is 1.90 bits per heavy atom. The number of nitrogens with zero attached hydrogens (tertiary/aromatic N) is 2. The monoisotopic (exact) mass is 524 g/mol. The number of hydrogen-bond donors (Lipinski definition) is 2. The van der Waals surface area contributed by atoms with Crippen molar-refractivity contribution in [1.29, 1.82) is 0 Å². The second kappa shape index (κ2) is 14.0. The topological polar surface area (TPSA) is 58.1 Å². The van der Waals surface area contributed by atoms with Crippen molar-refractivity contribution in [3.8, 4) is 0 Å². The first-order valence-corrected chi connectivity index (χ1v) is 11.3. The van der Waals surface area contributed by atoms with Gasteiger partial charge < -0.3 is 25.0 Å². The van der Waals surface area contributed by atoms with Gasteiger partial charge in [0.1, 0.15) is 0 Å². The van der Waals surface area contributed by atoms with Crippen molar-refractivity contribution < 1.29 is 9.47 Å². The highest BCUT2D eigenvalue weighted by Crippen LogP contribution is 2.33. The van der Waals surface area contributed by atoms with Crippen LogP contribution in [0.25, 0.3) is 0 Å². The number of halogens is 1. The summed E-state index contributed by atoms with van der Waals surface area (Å²) in [5.41, 5.74) is 0.180. The fourth-order valence-corrected chi connectivity index (χ4v) is 4.41. The van der Waals surface area contributed by atoms with Gasteiger partial charge in [0, 0.05) is 45.8 Å². The summed E-state index contributed by atoms with van der Waals surface area (Å²) in [7, 11) is 1.78. The number of nitrogens with one attached hydrogen (secondary N) is 2. The number of ether oxygens (including phenoxy) is 2. The molecular weight excluding hydrogens is 479 g/mol. The van der Waals surface area contributed by atoms with Gasteiger partial charge in [-0.3, -0.25) is 4.99 Å². The zero-order valence-corrected chi connectivity index (χ0v) is 21.7. The maximum Gasteiger partial charge on any atom is 0.191 e. The van der Waals surface area contributed by atoms with Crippen LogP contribution >= 0.6 is 24.0 Å². The van der Waals surface area contributed by atoms with E-state index in [4.69, 9.17) is 14.5 Å². The van der Waals surface area contributed by atoms with Crippen molar-refractivity contribution in [3.05, 3.63) is 0 Å². The third kappa shape index (κ3) is 9.70. The molecule has 172 valence electrons. The van der Waals surface area contributed by atoms with Gasteiger partial charge in [0.05, 0.1) is 12.7 Å². The predicted molar refractivity (Wildman–Crippen MR) is 132 cm³/mol. The summed E-state index contributed by atoms with van der Waals surface area (Å²) < 4.78 is 11.3. The third-order valence-electron chi connectivity index (χ3n) is 6.00. The Morgan fingerprint density at radius 3 is 2.52 bits per heavy atom. The molecule has 2 aliphatic heterocycles. The fraction of sp³-hybridized carbons (Fsp3) is 0.955. The van der Waals surface area contributed by atoms with Gasteiger partial charge in [-0.2, -0.15) is 0 Å². The zero-order valence-electron chi connectivity index (χ0n) is 19.3. The molecule has 2 aliphatic rings. The molecule has 2 atom stereocenters. The number of aliphatic imine (C=N–C) groups is 1. The summed E-state index contributed by atoms with van der Waals surface area (Å²) >= 11 is 0. The highest BCUT2D eigenvalue weighted by molar-refractivity contribution is 14.0. The largest absolute Gasteiger partial charge is 0.383 e. The first-order chi connectivity index (χ1) is 13.4. The summed E-state index contributed by atoms with van der Waals surface area (Å²) in [5, 5.41) is 7.02. The maximum absolute atomic E-state index is 6.13. The van der Waals surface area contributed by atoms with Gasteiger partial charge in [-0.1, -0.05) is 20.8 Å². The minimum Gasteiger partial charge on any atom is -0.383 e. The molecule has 0 radical (unpaired) electrons. The van der Waals surface area contributed by atoms with Gasteiger partial charge in [0.15, 0.2) is 5.96 Å². The molecule has 2 unspecified atom stereocenters. The van der Waals surface area contributed by atoms with E-state index >= 15 is 0 Å². The lowest BCUT2D eigenvalue weighted by molar-refractivity contribution is -0.0835. The molecule has 7 heteroatoms. The number of methoxy groups -OCH3 is 1. The van der Waals surface area contributed by atoms with E-state index in [1.54, 1.807) is 7.11 Å². The molecule has 2 fully saturated rings. The van der Waals surface area contributed by atoms with Crippen LogP contribution in [-0.4, -0.2) is 76.6 Å². The zero-order chi connectivity index (χ0) is 20.4. The predicted octanol–water partition coefficient (Wildman–Crippen LogP) is 3.36. The number of piperidine rings is 1. The summed E-state index contributed by atoms with van der Waals surface area (Å²) in [6.07, 6.45) is 5.17. The molecule has 0 aromatic carbocycles. The van der Waals surface area contributed by atoms with E-state index < -0.39 is 0 Å². The fourth-order valence-electron chi connectivity index (χ4n) is 4.41. The lowest BCUT2D eigenvalue weighted by Gasteiger charge is -2.40. The molecule has 0 aromatic rings. The Balaban J connectivity index is 0.00000420. The van der Waals surface area contributed by atoms with Gasteiger partial charge in [-0.05, 0) is 57.0 Å². The molecule has 0 amide bonds. The average molecular weight is 525 g/mol. The van der Waals surface area contributed by atoms with E-state index in [-0.39, 0.29) is 29.4 Å². The van der Waals surface area contributed by atoms with Crippen LogP contribution in [0.15, 0.2) is 4.99 Å². The molecule has 2 heterocycles. The van der Waals surface area contributed by atoms with Crippen molar-refractivity contribution in [2.45, 2.75) is 59.5 Å². The van der Waals surface area contributed by atoms with E-state index in [0.29, 0.717) is 17.9 Å². The van der Waals surface area contributed by atoms with E-state index in [1.807, 2.05) is 0 Å². The molecule has 29 heavy (non-hydrogen) atoms. The van der Waals surface area contributed by atoms with Gasteiger partial charge in [-0.15, -0.1) is 24.0 Å². The standard InChI is InChI=1S/C22H44N4O2.HI/c1-6-23-21(24-16-18-9-11-26(12-10-18)13-15-27-5)25-17-19-8-7-14-28-20(19)22(2,3)4;/h18-20H,6-17H2,1-5H3,(H2,23,24,25);1H. The molecule has 2 rings (SSSR count). The molecular formula is C22H45IN4O2. The molecule has 0 spiro atoms. The summed E-state index contributed by atoms with van der Waals surface area (Å²) in [6.45, 7) is 16.8. The second-order valence-corrected chi connectivity index (χ2v) is 9.44.